The lowest BCUT2D eigenvalue weighted by atomic mass is 10.2. The maximum Gasteiger partial charge on any atom is 0.168 e. The van der Waals surface area contributed by atoms with Crippen molar-refractivity contribution < 1.29 is 8.78 Å². The molecule has 0 aliphatic carbocycles. The van der Waals surface area contributed by atoms with Crippen LogP contribution in [0.4, 0.5) is 14.6 Å². The van der Waals surface area contributed by atoms with Gasteiger partial charge in [0.25, 0.3) is 0 Å². The minimum Gasteiger partial charge on any atom is -0.363 e. The number of halogens is 2. The summed E-state index contributed by atoms with van der Waals surface area (Å²) in [7, 11) is 1.81. The first-order chi connectivity index (χ1) is 8.06. The third-order valence-corrected chi connectivity index (χ3v) is 2.37. The molecule has 2 rings (SSSR count). The summed E-state index contributed by atoms with van der Waals surface area (Å²) in [6.45, 7) is 2.26. The highest BCUT2D eigenvalue weighted by Crippen LogP contribution is 2.13. The van der Waals surface area contributed by atoms with Crippen molar-refractivity contribution in [1.82, 2.24) is 14.8 Å². The van der Waals surface area contributed by atoms with E-state index in [0.29, 0.717) is 6.54 Å². The summed E-state index contributed by atoms with van der Waals surface area (Å²) in [6, 6.07) is 0.797. The van der Waals surface area contributed by atoms with E-state index in [1.807, 2.05) is 20.2 Å². The molecule has 0 aromatic carbocycles. The van der Waals surface area contributed by atoms with Crippen molar-refractivity contribution in [3.63, 3.8) is 0 Å². The third kappa shape index (κ3) is 2.58. The Hall–Kier alpha value is -1.98. The molecule has 0 amide bonds. The molecule has 0 unspecified atom stereocenters. The molecule has 2 aromatic rings. The highest BCUT2D eigenvalue weighted by atomic mass is 19.1. The van der Waals surface area contributed by atoms with Crippen molar-refractivity contribution in [3.05, 3.63) is 41.4 Å². The van der Waals surface area contributed by atoms with Crippen molar-refractivity contribution in [2.75, 3.05) is 5.32 Å². The Kier molecular flexibility index (Phi) is 3.03. The van der Waals surface area contributed by atoms with E-state index in [-0.39, 0.29) is 5.82 Å². The van der Waals surface area contributed by atoms with Crippen LogP contribution in [-0.4, -0.2) is 14.8 Å². The van der Waals surface area contributed by atoms with Gasteiger partial charge in [-0.05, 0) is 6.92 Å². The van der Waals surface area contributed by atoms with Crippen LogP contribution < -0.4 is 5.32 Å². The molecular weight excluding hydrogens is 226 g/mol. The summed E-state index contributed by atoms with van der Waals surface area (Å²) < 4.78 is 27.6. The van der Waals surface area contributed by atoms with E-state index in [1.54, 1.807) is 4.68 Å². The van der Waals surface area contributed by atoms with E-state index < -0.39 is 11.6 Å². The van der Waals surface area contributed by atoms with Gasteiger partial charge in [-0.15, -0.1) is 0 Å². The zero-order valence-electron chi connectivity index (χ0n) is 9.54. The van der Waals surface area contributed by atoms with Gasteiger partial charge < -0.3 is 5.32 Å². The van der Waals surface area contributed by atoms with Crippen molar-refractivity contribution >= 4 is 5.82 Å². The number of pyridine rings is 1. The van der Waals surface area contributed by atoms with Gasteiger partial charge in [0.15, 0.2) is 11.6 Å². The molecule has 0 bridgehead atoms. The number of rotatable bonds is 3. The van der Waals surface area contributed by atoms with E-state index >= 15 is 0 Å². The Morgan fingerprint density at radius 2 is 2.18 bits per heavy atom. The van der Waals surface area contributed by atoms with Gasteiger partial charge in [-0.1, -0.05) is 0 Å². The van der Waals surface area contributed by atoms with Gasteiger partial charge in [-0.3, -0.25) is 4.68 Å². The molecule has 0 spiro atoms. The summed E-state index contributed by atoms with van der Waals surface area (Å²) in [5.74, 6) is -1.35. The van der Waals surface area contributed by atoms with Crippen LogP contribution in [0, 0.1) is 18.6 Å². The maximum atomic E-state index is 13.3. The monoisotopic (exact) mass is 238 g/mol. The molecule has 0 atom stereocenters. The van der Waals surface area contributed by atoms with Gasteiger partial charge in [-0.25, -0.2) is 13.8 Å². The third-order valence-electron chi connectivity index (χ3n) is 2.37. The van der Waals surface area contributed by atoms with Crippen molar-refractivity contribution in [1.29, 1.82) is 0 Å². The van der Waals surface area contributed by atoms with Crippen LogP contribution in [0.25, 0.3) is 0 Å². The van der Waals surface area contributed by atoms with E-state index in [0.717, 1.165) is 23.5 Å². The fourth-order valence-electron chi connectivity index (χ4n) is 1.55. The van der Waals surface area contributed by atoms with Crippen molar-refractivity contribution in [2.24, 2.45) is 7.05 Å². The topological polar surface area (TPSA) is 42.7 Å². The average molecular weight is 238 g/mol. The summed E-state index contributed by atoms with van der Waals surface area (Å²) in [5.41, 5.74) is 1.81. The molecule has 4 nitrogen and oxygen atoms in total. The summed E-state index contributed by atoms with van der Waals surface area (Å²) in [5, 5.41) is 6.97. The fourth-order valence-corrected chi connectivity index (χ4v) is 1.55. The van der Waals surface area contributed by atoms with Gasteiger partial charge in [-0.2, -0.15) is 5.10 Å². The highest BCUT2D eigenvalue weighted by molar-refractivity contribution is 5.37. The molecular formula is C11H12F2N4. The van der Waals surface area contributed by atoms with E-state index in [4.69, 9.17) is 0 Å². The summed E-state index contributed by atoms with van der Waals surface area (Å²) in [4.78, 5) is 3.64. The van der Waals surface area contributed by atoms with Crippen LogP contribution >= 0.6 is 0 Å². The smallest absolute Gasteiger partial charge is 0.168 e. The first kappa shape index (κ1) is 11.5. The zero-order chi connectivity index (χ0) is 12.4. The summed E-state index contributed by atoms with van der Waals surface area (Å²) >= 11 is 0. The number of anilines is 1. The molecule has 0 radical (unpaired) electrons. The van der Waals surface area contributed by atoms with Gasteiger partial charge in [0.1, 0.15) is 5.82 Å². The number of hydrogen-bond acceptors (Lipinski definition) is 3. The van der Waals surface area contributed by atoms with Crippen LogP contribution in [0.3, 0.4) is 0 Å². The quantitative estimate of drug-likeness (QED) is 0.889. The average Bonchev–Trinajstić information content (AvgIpc) is 2.56. The molecule has 1 N–H and O–H groups in total. The van der Waals surface area contributed by atoms with Gasteiger partial charge in [0.2, 0.25) is 0 Å². The van der Waals surface area contributed by atoms with E-state index in [2.05, 4.69) is 15.4 Å². The highest BCUT2D eigenvalue weighted by Gasteiger charge is 2.07. The van der Waals surface area contributed by atoms with Crippen LogP contribution in [0.2, 0.25) is 0 Å². The second kappa shape index (κ2) is 4.48. The number of nitrogens with zero attached hydrogens (tertiary/aromatic N) is 3. The van der Waals surface area contributed by atoms with Crippen LogP contribution in [0.1, 0.15) is 11.3 Å². The minimum atomic E-state index is -0.702. The number of nitrogens with one attached hydrogen (secondary N) is 1. The van der Waals surface area contributed by atoms with E-state index in [9.17, 15) is 8.78 Å². The lowest BCUT2D eigenvalue weighted by molar-refractivity contribution is 0.575. The first-order valence-electron chi connectivity index (χ1n) is 5.10. The van der Waals surface area contributed by atoms with Crippen LogP contribution in [0.5, 0.6) is 0 Å². The number of hydrogen-bond donors (Lipinski definition) is 1. The van der Waals surface area contributed by atoms with Gasteiger partial charge in [0, 0.05) is 31.4 Å². The predicted octanol–water partition coefficient (Wildman–Crippen LogP) is 2.01. The second-order valence-corrected chi connectivity index (χ2v) is 3.75. The van der Waals surface area contributed by atoms with Crippen LogP contribution in [0.15, 0.2) is 18.5 Å². The normalized spacial score (nSPS) is 10.6. The molecule has 0 aliphatic rings. The predicted molar refractivity (Wildman–Crippen MR) is 59.4 cm³/mol. The Morgan fingerprint density at radius 1 is 1.41 bits per heavy atom. The lowest BCUT2D eigenvalue weighted by Crippen LogP contribution is -2.04. The molecule has 0 fully saturated rings. The molecule has 90 valence electrons. The maximum absolute atomic E-state index is 13.3. The second-order valence-electron chi connectivity index (χ2n) is 3.75. The standard InChI is InChI=1S/C11H12F2N4/c1-7-8(6-17(2)16-7)4-14-11-10(13)3-9(12)5-15-11/h3,5-6H,4H2,1-2H3,(H,14,15). The zero-order valence-corrected chi connectivity index (χ0v) is 9.54. The largest absolute Gasteiger partial charge is 0.363 e. The van der Waals surface area contributed by atoms with Crippen molar-refractivity contribution in [2.45, 2.75) is 13.5 Å². The Morgan fingerprint density at radius 3 is 2.76 bits per heavy atom. The number of aromatic nitrogens is 3. The Bertz CT molecular complexity index is 536. The molecule has 0 saturated carbocycles. The summed E-state index contributed by atoms with van der Waals surface area (Å²) in [6.07, 6.45) is 2.81. The molecule has 17 heavy (non-hydrogen) atoms. The van der Waals surface area contributed by atoms with Crippen molar-refractivity contribution in [3.8, 4) is 0 Å². The Balaban J connectivity index is 2.10. The SMILES string of the molecule is Cc1nn(C)cc1CNc1ncc(F)cc1F. The van der Waals surface area contributed by atoms with Crippen LogP contribution in [-0.2, 0) is 13.6 Å². The lowest BCUT2D eigenvalue weighted by Gasteiger charge is -2.05. The molecule has 0 aliphatic heterocycles. The number of aryl methyl sites for hydroxylation is 2. The fraction of sp³-hybridized carbons (Fsp3) is 0.273. The van der Waals surface area contributed by atoms with Gasteiger partial charge >= 0.3 is 0 Å². The molecule has 2 heterocycles. The molecule has 0 saturated heterocycles. The molecule has 6 heteroatoms. The first-order valence-corrected chi connectivity index (χ1v) is 5.10. The van der Waals surface area contributed by atoms with E-state index in [1.165, 1.54) is 0 Å². The molecule has 2 aromatic heterocycles. The Labute approximate surface area is 97.3 Å². The van der Waals surface area contributed by atoms with Gasteiger partial charge in [0.05, 0.1) is 11.9 Å². The minimum absolute atomic E-state index is 0.0367.